The van der Waals surface area contributed by atoms with E-state index >= 15 is 0 Å². The number of benzene rings is 1. The minimum atomic E-state index is -0.181. The Kier molecular flexibility index (Phi) is 4.63. The fourth-order valence-corrected chi connectivity index (χ4v) is 2.72. The summed E-state index contributed by atoms with van der Waals surface area (Å²) in [4.78, 5) is 26.9. The number of carbonyl (C=O) groups is 1. The van der Waals surface area contributed by atoms with Crippen LogP contribution in [0.4, 0.5) is 0 Å². The molecule has 2 aromatic rings. The first kappa shape index (κ1) is 15.5. The highest BCUT2D eigenvalue weighted by Gasteiger charge is 2.11. The van der Waals surface area contributed by atoms with Crippen molar-refractivity contribution in [2.75, 3.05) is 0 Å². The predicted molar refractivity (Wildman–Crippen MR) is 86.6 cm³/mol. The van der Waals surface area contributed by atoms with Gasteiger partial charge in [0.15, 0.2) is 0 Å². The Balaban J connectivity index is 2.17. The molecule has 5 heteroatoms. The molecule has 1 heterocycles. The van der Waals surface area contributed by atoms with Crippen LogP contribution in [0.2, 0.25) is 0 Å². The summed E-state index contributed by atoms with van der Waals surface area (Å²) < 4.78 is 0.933. The zero-order valence-electron chi connectivity index (χ0n) is 12.2. The highest BCUT2D eigenvalue weighted by atomic mass is 79.9. The van der Waals surface area contributed by atoms with E-state index in [4.69, 9.17) is 0 Å². The van der Waals surface area contributed by atoms with Crippen molar-refractivity contribution in [1.82, 2.24) is 10.3 Å². The Labute approximate surface area is 131 Å². The lowest BCUT2D eigenvalue weighted by Gasteiger charge is -2.10. The normalized spacial score (nSPS) is 10.5. The van der Waals surface area contributed by atoms with Gasteiger partial charge in [-0.25, -0.2) is 0 Å². The number of halogens is 1. The average molecular weight is 349 g/mol. The summed E-state index contributed by atoms with van der Waals surface area (Å²) in [6, 6.07) is 7.37. The van der Waals surface area contributed by atoms with Crippen molar-refractivity contribution in [2.24, 2.45) is 0 Å². The van der Waals surface area contributed by atoms with Crippen molar-refractivity contribution in [3.63, 3.8) is 0 Å². The van der Waals surface area contributed by atoms with E-state index in [1.54, 1.807) is 6.07 Å². The van der Waals surface area contributed by atoms with Crippen LogP contribution >= 0.6 is 15.9 Å². The largest absolute Gasteiger partial charge is 0.348 e. The molecular formula is C16H17BrN2O2. The standard InChI is InChI=1S/C16H17BrN2O2/c1-9-6-11(3)19-16(21)14(9)8-18-15(20)13-5-4-12(17)7-10(13)2/h4-7H,8H2,1-3H3,(H,18,20)(H,19,21). The third kappa shape index (κ3) is 3.61. The summed E-state index contributed by atoms with van der Waals surface area (Å²) in [5.74, 6) is -0.181. The predicted octanol–water partition coefficient (Wildman–Crippen LogP) is 2.99. The van der Waals surface area contributed by atoms with Crippen LogP contribution in [0.25, 0.3) is 0 Å². The molecule has 21 heavy (non-hydrogen) atoms. The molecule has 0 bridgehead atoms. The SMILES string of the molecule is Cc1cc(C)c(CNC(=O)c2ccc(Br)cc2C)c(=O)[nH]1. The van der Waals surface area contributed by atoms with Gasteiger partial charge in [-0.2, -0.15) is 0 Å². The number of aryl methyl sites for hydroxylation is 3. The molecule has 0 saturated heterocycles. The summed E-state index contributed by atoms with van der Waals surface area (Å²) in [6.45, 7) is 5.80. The van der Waals surface area contributed by atoms with E-state index < -0.39 is 0 Å². The molecule has 0 saturated carbocycles. The van der Waals surface area contributed by atoms with Gasteiger partial charge in [0.1, 0.15) is 0 Å². The first-order chi connectivity index (χ1) is 9.88. The van der Waals surface area contributed by atoms with E-state index in [2.05, 4.69) is 26.2 Å². The third-order valence-corrected chi connectivity index (χ3v) is 3.85. The highest BCUT2D eigenvalue weighted by molar-refractivity contribution is 9.10. The topological polar surface area (TPSA) is 62.0 Å². The van der Waals surface area contributed by atoms with Gasteiger partial charge >= 0.3 is 0 Å². The van der Waals surface area contributed by atoms with E-state index in [1.807, 2.05) is 39.0 Å². The zero-order chi connectivity index (χ0) is 15.6. The number of nitrogens with one attached hydrogen (secondary N) is 2. The number of hydrogen-bond acceptors (Lipinski definition) is 2. The van der Waals surface area contributed by atoms with Crippen molar-refractivity contribution in [3.05, 3.63) is 67.0 Å². The van der Waals surface area contributed by atoms with Crippen LogP contribution < -0.4 is 10.9 Å². The van der Waals surface area contributed by atoms with Gasteiger partial charge in [0.25, 0.3) is 11.5 Å². The number of pyridine rings is 1. The lowest BCUT2D eigenvalue weighted by Crippen LogP contribution is -2.28. The second-order valence-corrected chi connectivity index (χ2v) is 6.00. The van der Waals surface area contributed by atoms with Crippen molar-refractivity contribution >= 4 is 21.8 Å². The maximum Gasteiger partial charge on any atom is 0.253 e. The second-order valence-electron chi connectivity index (χ2n) is 5.08. The van der Waals surface area contributed by atoms with Gasteiger partial charge in [0, 0.05) is 27.8 Å². The van der Waals surface area contributed by atoms with Gasteiger partial charge in [-0.05, 0) is 56.2 Å². The molecule has 110 valence electrons. The molecule has 0 atom stereocenters. The monoisotopic (exact) mass is 348 g/mol. The van der Waals surface area contributed by atoms with Crippen LogP contribution in [-0.4, -0.2) is 10.9 Å². The van der Waals surface area contributed by atoms with Crippen LogP contribution in [0.15, 0.2) is 33.5 Å². The molecule has 0 spiro atoms. The molecule has 0 aliphatic heterocycles. The third-order valence-electron chi connectivity index (χ3n) is 3.35. The van der Waals surface area contributed by atoms with Gasteiger partial charge in [-0.1, -0.05) is 15.9 Å². The fourth-order valence-electron chi connectivity index (χ4n) is 2.25. The van der Waals surface area contributed by atoms with Crippen molar-refractivity contribution in [3.8, 4) is 0 Å². The molecule has 0 fully saturated rings. The summed E-state index contributed by atoms with van der Waals surface area (Å²) in [5.41, 5.74) is 3.63. The summed E-state index contributed by atoms with van der Waals surface area (Å²) in [7, 11) is 0. The minimum absolute atomic E-state index is 0.152. The van der Waals surface area contributed by atoms with Crippen LogP contribution in [0, 0.1) is 20.8 Å². The van der Waals surface area contributed by atoms with Gasteiger partial charge in [-0.15, -0.1) is 0 Å². The quantitative estimate of drug-likeness (QED) is 0.895. The highest BCUT2D eigenvalue weighted by Crippen LogP contribution is 2.16. The van der Waals surface area contributed by atoms with Crippen LogP contribution in [-0.2, 0) is 6.54 Å². The van der Waals surface area contributed by atoms with E-state index in [1.165, 1.54) is 0 Å². The lowest BCUT2D eigenvalue weighted by molar-refractivity contribution is 0.0950. The van der Waals surface area contributed by atoms with E-state index in [0.29, 0.717) is 11.1 Å². The average Bonchev–Trinajstić information content (AvgIpc) is 2.36. The number of rotatable bonds is 3. The number of hydrogen-bond donors (Lipinski definition) is 2. The molecule has 0 unspecified atom stereocenters. The molecule has 2 rings (SSSR count). The summed E-state index contributed by atoms with van der Waals surface area (Å²) in [5, 5.41) is 2.80. The van der Waals surface area contributed by atoms with Crippen molar-refractivity contribution in [1.29, 1.82) is 0 Å². The van der Waals surface area contributed by atoms with E-state index in [9.17, 15) is 9.59 Å². The van der Waals surface area contributed by atoms with Gasteiger partial charge in [0.05, 0.1) is 0 Å². The molecular weight excluding hydrogens is 332 g/mol. The molecule has 0 radical (unpaired) electrons. The maximum atomic E-state index is 12.2. The van der Waals surface area contributed by atoms with Crippen molar-refractivity contribution < 1.29 is 4.79 Å². The van der Waals surface area contributed by atoms with Crippen LogP contribution in [0.3, 0.4) is 0 Å². The first-order valence-corrected chi connectivity index (χ1v) is 7.41. The maximum absolute atomic E-state index is 12.2. The molecule has 0 aliphatic carbocycles. The minimum Gasteiger partial charge on any atom is -0.348 e. The smallest absolute Gasteiger partial charge is 0.253 e. The fraction of sp³-hybridized carbons (Fsp3) is 0.250. The summed E-state index contributed by atoms with van der Waals surface area (Å²) in [6.07, 6.45) is 0. The van der Waals surface area contributed by atoms with Crippen LogP contribution in [0.1, 0.15) is 32.7 Å². The number of aromatic nitrogens is 1. The molecule has 0 aliphatic rings. The molecule has 4 nitrogen and oxygen atoms in total. The Hall–Kier alpha value is -1.88. The molecule has 1 aromatic heterocycles. The molecule has 1 aromatic carbocycles. The second kappa shape index (κ2) is 6.26. The lowest BCUT2D eigenvalue weighted by atomic mass is 10.1. The van der Waals surface area contributed by atoms with E-state index in [-0.39, 0.29) is 18.0 Å². The Morgan fingerprint density at radius 3 is 2.52 bits per heavy atom. The van der Waals surface area contributed by atoms with E-state index in [0.717, 1.165) is 21.3 Å². The Morgan fingerprint density at radius 1 is 1.19 bits per heavy atom. The first-order valence-electron chi connectivity index (χ1n) is 6.62. The Bertz CT molecular complexity index is 750. The number of aromatic amines is 1. The number of H-pyrrole nitrogens is 1. The van der Waals surface area contributed by atoms with Gasteiger partial charge in [-0.3, -0.25) is 9.59 Å². The Morgan fingerprint density at radius 2 is 1.90 bits per heavy atom. The molecule has 1 amide bonds. The van der Waals surface area contributed by atoms with Gasteiger partial charge in [0.2, 0.25) is 0 Å². The summed E-state index contributed by atoms with van der Waals surface area (Å²) >= 11 is 3.37. The van der Waals surface area contributed by atoms with Crippen LogP contribution in [0.5, 0.6) is 0 Å². The van der Waals surface area contributed by atoms with Crippen molar-refractivity contribution in [2.45, 2.75) is 27.3 Å². The number of amides is 1. The molecule has 2 N–H and O–H groups in total. The zero-order valence-corrected chi connectivity index (χ0v) is 13.8. The number of carbonyl (C=O) groups excluding carboxylic acids is 1. The van der Waals surface area contributed by atoms with Gasteiger partial charge < -0.3 is 10.3 Å².